The lowest BCUT2D eigenvalue weighted by Crippen LogP contribution is -2.30. The molecule has 1 amide bonds. The molecule has 3 aromatic carbocycles. The average molecular weight is 429 g/mol. The molecule has 0 bridgehead atoms. The summed E-state index contributed by atoms with van der Waals surface area (Å²) in [5, 5.41) is 20.1. The van der Waals surface area contributed by atoms with Crippen LogP contribution in [0.5, 0.6) is 0 Å². The molecule has 160 valence electrons. The first-order valence-corrected chi connectivity index (χ1v) is 10.0. The molecule has 0 aliphatic carbocycles. The Kier molecular flexibility index (Phi) is 5.85. The van der Waals surface area contributed by atoms with E-state index in [0.29, 0.717) is 16.8 Å². The van der Waals surface area contributed by atoms with E-state index in [2.05, 4.69) is 0 Å². The van der Waals surface area contributed by atoms with E-state index in [1.54, 1.807) is 12.1 Å². The van der Waals surface area contributed by atoms with Gasteiger partial charge in [-0.2, -0.15) is 0 Å². The van der Waals surface area contributed by atoms with Gasteiger partial charge >= 0.3 is 5.97 Å². The number of aliphatic hydroxyl groups excluding tert-OH is 1. The minimum absolute atomic E-state index is 0.00482. The highest BCUT2D eigenvalue weighted by molar-refractivity contribution is 6.09. The van der Waals surface area contributed by atoms with Crippen LogP contribution in [0.3, 0.4) is 0 Å². The fourth-order valence-corrected chi connectivity index (χ4v) is 3.83. The summed E-state index contributed by atoms with van der Waals surface area (Å²) in [6, 6.07) is 20.5. The van der Waals surface area contributed by atoms with Gasteiger partial charge in [-0.25, -0.2) is 9.18 Å². The predicted octanol–water partition coefficient (Wildman–Crippen LogP) is 5.53. The summed E-state index contributed by atoms with van der Waals surface area (Å²) < 4.78 is 14.0. The van der Waals surface area contributed by atoms with Crippen LogP contribution in [0.15, 0.2) is 96.3 Å². The zero-order valence-corrected chi connectivity index (χ0v) is 17.0. The Morgan fingerprint density at radius 2 is 1.75 bits per heavy atom. The summed E-state index contributed by atoms with van der Waals surface area (Å²) in [6.45, 7) is 0. The van der Waals surface area contributed by atoms with Crippen LogP contribution in [-0.4, -0.2) is 22.1 Å². The maximum atomic E-state index is 14.0. The second-order valence-corrected chi connectivity index (χ2v) is 7.38. The molecule has 0 aromatic heterocycles. The van der Waals surface area contributed by atoms with Crippen LogP contribution in [0.2, 0.25) is 0 Å². The van der Waals surface area contributed by atoms with Crippen LogP contribution in [0.25, 0.3) is 6.08 Å². The van der Waals surface area contributed by atoms with E-state index in [4.69, 9.17) is 0 Å². The summed E-state index contributed by atoms with van der Waals surface area (Å²) in [7, 11) is 0. The van der Waals surface area contributed by atoms with Crippen LogP contribution < -0.4 is 4.90 Å². The Hall–Kier alpha value is -4.19. The standard InChI is InChI=1S/C26H20FNO4/c27-20-12-5-10-18(15-20)23-22(14-4-9-17-7-2-1-3-8-17)24(29)25(30)28(23)21-13-6-11-19(16-21)26(31)32/h1-13,15-16,23,29H,14H2,(H,31,32)/b9-4+. The van der Waals surface area contributed by atoms with Gasteiger partial charge in [0.2, 0.25) is 0 Å². The lowest BCUT2D eigenvalue weighted by atomic mass is 9.96. The maximum absolute atomic E-state index is 14.0. The Morgan fingerprint density at radius 1 is 1.00 bits per heavy atom. The number of carboxylic acid groups (broad SMARTS) is 1. The molecule has 4 rings (SSSR count). The van der Waals surface area contributed by atoms with E-state index >= 15 is 0 Å². The Bertz CT molecular complexity index is 1230. The Labute approximate surface area is 184 Å². The first-order chi connectivity index (χ1) is 15.5. The fourth-order valence-electron chi connectivity index (χ4n) is 3.83. The molecule has 1 aliphatic rings. The molecule has 1 unspecified atom stereocenters. The van der Waals surface area contributed by atoms with Gasteiger partial charge < -0.3 is 10.2 Å². The highest BCUT2D eigenvalue weighted by Crippen LogP contribution is 2.42. The van der Waals surface area contributed by atoms with Crippen LogP contribution in [0, 0.1) is 5.82 Å². The van der Waals surface area contributed by atoms with Crippen LogP contribution in [0.4, 0.5) is 10.1 Å². The quantitative estimate of drug-likeness (QED) is 0.540. The number of hydrogen-bond acceptors (Lipinski definition) is 3. The minimum Gasteiger partial charge on any atom is -0.503 e. The number of benzene rings is 3. The van der Waals surface area contributed by atoms with Gasteiger partial charge in [-0.1, -0.05) is 60.7 Å². The van der Waals surface area contributed by atoms with Gasteiger partial charge in [0.1, 0.15) is 5.82 Å². The molecule has 0 spiro atoms. The largest absolute Gasteiger partial charge is 0.503 e. The highest BCUT2D eigenvalue weighted by atomic mass is 19.1. The molecule has 2 N–H and O–H groups in total. The van der Waals surface area contributed by atoms with Crippen molar-refractivity contribution in [2.75, 3.05) is 4.90 Å². The molecule has 1 heterocycles. The van der Waals surface area contributed by atoms with Gasteiger partial charge in [0.25, 0.3) is 5.91 Å². The molecule has 0 fully saturated rings. The second-order valence-electron chi connectivity index (χ2n) is 7.38. The molecule has 5 nitrogen and oxygen atoms in total. The highest BCUT2D eigenvalue weighted by Gasteiger charge is 2.41. The van der Waals surface area contributed by atoms with Crippen molar-refractivity contribution in [3.05, 3.63) is 119 Å². The van der Waals surface area contributed by atoms with Crippen LogP contribution in [-0.2, 0) is 4.79 Å². The molecule has 32 heavy (non-hydrogen) atoms. The van der Waals surface area contributed by atoms with Crippen molar-refractivity contribution in [3.63, 3.8) is 0 Å². The van der Waals surface area contributed by atoms with E-state index < -0.39 is 29.5 Å². The van der Waals surface area contributed by atoms with Crippen LogP contribution in [0.1, 0.15) is 33.9 Å². The van der Waals surface area contributed by atoms with Gasteiger partial charge in [0.05, 0.1) is 11.6 Å². The number of halogens is 1. The predicted molar refractivity (Wildman–Crippen MR) is 120 cm³/mol. The first kappa shape index (κ1) is 21.1. The average Bonchev–Trinajstić information content (AvgIpc) is 3.05. The van der Waals surface area contributed by atoms with Crippen molar-refractivity contribution in [3.8, 4) is 0 Å². The third-order valence-corrected chi connectivity index (χ3v) is 5.30. The number of rotatable bonds is 6. The minimum atomic E-state index is -1.14. The third kappa shape index (κ3) is 4.16. The molecule has 0 saturated carbocycles. The molecule has 0 saturated heterocycles. The van der Waals surface area contributed by atoms with Crippen molar-refractivity contribution in [2.24, 2.45) is 0 Å². The maximum Gasteiger partial charge on any atom is 0.335 e. The number of carbonyl (C=O) groups excluding carboxylic acids is 1. The lowest BCUT2D eigenvalue weighted by Gasteiger charge is -2.27. The number of carboxylic acids is 1. The summed E-state index contributed by atoms with van der Waals surface area (Å²) >= 11 is 0. The molecule has 6 heteroatoms. The SMILES string of the molecule is O=C(O)c1cccc(N2C(=O)C(O)=C(C/C=C/c3ccccc3)C2c2cccc(F)c2)c1. The number of allylic oxidation sites excluding steroid dienone is 1. The molecular weight excluding hydrogens is 409 g/mol. The third-order valence-electron chi connectivity index (χ3n) is 5.30. The van der Waals surface area contributed by atoms with Crippen LogP contribution >= 0.6 is 0 Å². The number of aliphatic hydroxyl groups is 1. The van der Waals surface area contributed by atoms with E-state index in [1.807, 2.05) is 42.5 Å². The molecule has 1 aliphatic heterocycles. The summed E-state index contributed by atoms with van der Waals surface area (Å²) in [5.41, 5.74) is 2.16. The normalized spacial score (nSPS) is 16.2. The molecule has 0 radical (unpaired) electrons. The molecule has 3 aromatic rings. The smallest absolute Gasteiger partial charge is 0.335 e. The number of nitrogens with zero attached hydrogens (tertiary/aromatic N) is 1. The number of amides is 1. The summed E-state index contributed by atoms with van der Waals surface area (Å²) in [4.78, 5) is 25.8. The van der Waals surface area contributed by atoms with Gasteiger partial charge in [-0.05, 0) is 47.9 Å². The van der Waals surface area contributed by atoms with Crippen molar-refractivity contribution in [1.29, 1.82) is 0 Å². The zero-order valence-electron chi connectivity index (χ0n) is 17.0. The Morgan fingerprint density at radius 3 is 2.47 bits per heavy atom. The lowest BCUT2D eigenvalue weighted by molar-refractivity contribution is -0.117. The van der Waals surface area contributed by atoms with Gasteiger partial charge in [0.15, 0.2) is 5.76 Å². The summed E-state index contributed by atoms with van der Waals surface area (Å²) in [5.74, 6) is -2.69. The van der Waals surface area contributed by atoms with Crippen molar-refractivity contribution in [1.82, 2.24) is 0 Å². The summed E-state index contributed by atoms with van der Waals surface area (Å²) in [6.07, 6.45) is 3.96. The van der Waals surface area contributed by atoms with Crippen molar-refractivity contribution >= 4 is 23.6 Å². The van der Waals surface area contributed by atoms with E-state index in [9.17, 15) is 24.2 Å². The van der Waals surface area contributed by atoms with Gasteiger partial charge in [-0.3, -0.25) is 9.69 Å². The monoisotopic (exact) mass is 429 g/mol. The number of carbonyl (C=O) groups is 2. The van der Waals surface area contributed by atoms with Gasteiger partial charge in [0, 0.05) is 11.3 Å². The van der Waals surface area contributed by atoms with E-state index in [-0.39, 0.29) is 12.0 Å². The Balaban J connectivity index is 1.76. The zero-order chi connectivity index (χ0) is 22.7. The van der Waals surface area contributed by atoms with Crippen molar-refractivity contribution < 1.29 is 24.2 Å². The number of anilines is 1. The second kappa shape index (κ2) is 8.89. The van der Waals surface area contributed by atoms with Gasteiger partial charge in [-0.15, -0.1) is 0 Å². The first-order valence-electron chi connectivity index (χ1n) is 10.0. The molecule has 1 atom stereocenters. The number of aromatic carboxylic acids is 1. The van der Waals surface area contributed by atoms with E-state index in [1.165, 1.54) is 41.3 Å². The fraction of sp³-hybridized carbons (Fsp3) is 0.0769. The molecular formula is C26H20FNO4. The van der Waals surface area contributed by atoms with Crippen molar-refractivity contribution in [2.45, 2.75) is 12.5 Å². The topological polar surface area (TPSA) is 77.8 Å². The van der Waals surface area contributed by atoms with E-state index in [0.717, 1.165) is 5.56 Å². The number of hydrogen-bond donors (Lipinski definition) is 2.